The average Bonchev–Trinajstić information content (AvgIpc) is 3.32. The van der Waals surface area contributed by atoms with Crippen LogP contribution in [0, 0.1) is 19.8 Å². The van der Waals surface area contributed by atoms with E-state index < -0.39 is 0 Å². The SMILES string of the molecule is Cc1ccc(OCCCC(=O)NC(C)(CN)C2CC2)cc1C. The number of hydrogen-bond donors (Lipinski definition) is 2. The maximum Gasteiger partial charge on any atom is 0.220 e. The highest BCUT2D eigenvalue weighted by Crippen LogP contribution is 2.38. The molecule has 0 saturated heterocycles. The number of nitrogens with two attached hydrogens (primary N) is 1. The van der Waals surface area contributed by atoms with Crippen molar-refractivity contribution < 1.29 is 9.53 Å². The van der Waals surface area contributed by atoms with Gasteiger partial charge in [-0.15, -0.1) is 0 Å². The molecule has 3 N–H and O–H groups in total. The third-order valence-corrected chi connectivity index (χ3v) is 4.62. The lowest BCUT2D eigenvalue weighted by molar-refractivity contribution is -0.123. The first kappa shape index (κ1) is 16.8. The van der Waals surface area contributed by atoms with Crippen molar-refractivity contribution >= 4 is 5.91 Å². The molecule has 1 aromatic carbocycles. The number of nitrogens with one attached hydrogen (secondary N) is 1. The maximum atomic E-state index is 12.0. The predicted octanol–water partition coefficient (Wildman–Crippen LogP) is 2.71. The summed E-state index contributed by atoms with van der Waals surface area (Å²) in [4.78, 5) is 12.0. The van der Waals surface area contributed by atoms with Gasteiger partial charge in [-0.3, -0.25) is 4.79 Å². The second-order valence-electron chi connectivity index (χ2n) is 6.64. The molecular weight excluding hydrogens is 276 g/mol. The average molecular weight is 304 g/mol. The molecule has 4 heteroatoms. The van der Waals surface area contributed by atoms with E-state index in [-0.39, 0.29) is 11.4 Å². The number of ether oxygens (including phenoxy) is 1. The van der Waals surface area contributed by atoms with E-state index in [0.29, 0.717) is 31.9 Å². The summed E-state index contributed by atoms with van der Waals surface area (Å²) in [5.41, 5.74) is 8.06. The molecule has 4 nitrogen and oxygen atoms in total. The third-order valence-electron chi connectivity index (χ3n) is 4.62. The second-order valence-corrected chi connectivity index (χ2v) is 6.64. The monoisotopic (exact) mass is 304 g/mol. The van der Waals surface area contributed by atoms with Gasteiger partial charge >= 0.3 is 0 Å². The van der Waals surface area contributed by atoms with Crippen LogP contribution in [0.3, 0.4) is 0 Å². The van der Waals surface area contributed by atoms with Crippen LogP contribution in [-0.2, 0) is 4.79 Å². The maximum absolute atomic E-state index is 12.0. The molecule has 1 aliphatic carbocycles. The first-order valence-electron chi connectivity index (χ1n) is 8.16. The molecule has 0 aliphatic heterocycles. The van der Waals surface area contributed by atoms with Gasteiger partial charge in [0.15, 0.2) is 0 Å². The fourth-order valence-electron chi connectivity index (χ4n) is 2.65. The Morgan fingerprint density at radius 1 is 1.36 bits per heavy atom. The quantitative estimate of drug-likeness (QED) is 0.726. The van der Waals surface area contributed by atoms with E-state index in [9.17, 15) is 4.79 Å². The van der Waals surface area contributed by atoms with Crippen LogP contribution >= 0.6 is 0 Å². The molecule has 0 aromatic heterocycles. The molecule has 1 unspecified atom stereocenters. The minimum absolute atomic E-state index is 0.0727. The van der Waals surface area contributed by atoms with Crippen LogP contribution in [0.1, 0.15) is 43.7 Å². The third kappa shape index (κ3) is 4.47. The molecule has 1 amide bonds. The molecule has 1 fully saturated rings. The van der Waals surface area contributed by atoms with Crippen LogP contribution in [0.2, 0.25) is 0 Å². The molecular formula is C18H28N2O2. The molecule has 1 saturated carbocycles. The zero-order valence-electron chi connectivity index (χ0n) is 13.9. The molecule has 1 aliphatic rings. The zero-order chi connectivity index (χ0) is 16.2. The summed E-state index contributed by atoms with van der Waals surface area (Å²) in [6, 6.07) is 6.06. The highest BCUT2D eigenvalue weighted by molar-refractivity contribution is 5.76. The van der Waals surface area contributed by atoms with Gasteiger partial charge in [0, 0.05) is 13.0 Å². The van der Waals surface area contributed by atoms with Crippen molar-refractivity contribution in [2.45, 2.75) is 52.0 Å². The molecule has 22 heavy (non-hydrogen) atoms. The number of rotatable bonds is 8. The fourth-order valence-corrected chi connectivity index (χ4v) is 2.65. The largest absolute Gasteiger partial charge is 0.494 e. The number of hydrogen-bond acceptors (Lipinski definition) is 3. The van der Waals surface area contributed by atoms with E-state index >= 15 is 0 Å². The van der Waals surface area contributed by atoms with Gasteiger partial charge in [-0.25, -0.2) is 0 Å². The molecule has 1 atom stereocenters. The smallest absolute Gasteiger partial charge is 0.220 e. The van der Waals surface area contributed by atoms with Crippen molar-refractivity contribution in [2.24, 2.45) is 11.7 Å². The van der Waals surface area contributed by atoms with Gasteiger partial charge in [0.25, 0.3) is 0 Å². The zero-order valence-corrected chi connectivity index (χ0v) is 13.9. The van der Waals surface area contributed by atoms with Crippen LogP contribution in [0.5, 0.6) is 5.75 Å². The number of carbonyl (C=O) groups is 1. The Morgan fingerprint density at radius 3 is 2.68 bits per heavy atom. The summed E-state index contributed by atoms with van der Waals surface area (Å²) in [6.45, 7) is 7.26. The molecule has 1 aromatic rings. The lowest BCUT2D eigenvalue weighted by Gasteiger charge is -2.29. The van der Waals surface area contributed by atoms with Crippen molar-refractivity contribution in [3.8, 4) is 5.75 Å². The summed E-state index contributed by atoms with van der Waals surface area (Å²) >= 11 is 0. The Hall–Kier alpha value is -1.55. The topological polar surface area (TPSA) is 64.3 Å². The number of amides is 1. The number of benzene rings is 1. The van der Waals surface area contributed by atoms with Gasteiger partial charge in [-0.1, -0.05) is 6.07 Å². The van der Waals surface area contributed by atoms with Crippen LogP contribution in [0.4, 0.5) is 0 Å². The van der Waals surface area contributed by atoms with E-state index in [4.69, 9.17) is 10.5 Å². The highest BCUT2D eigenvalue weighted by atomic mass is 16.5. The number of aryl methyl sites for hydroxylation is 2. The molecule has 0 radical (unpaired) electrons. The first-order chi connectivity index (χ1) is 10.4. The predicted molar refractivity (Wildman–Crippen MR) is 89.0 cm³/mol. The lowest BCUT2D eigenvalue weighted by Crippen LogP contribution is -2.53. The first-order valence-corrected chi connectivity index (χ1v) is 8.16. The van der Waals surface area contributed by atoms with E-state index in [1.165, 1.54) is 24.0 Å². The second kappa shape index (κ2) is 7.14. The van der Waals surface area contributed by atoms with Crippen LogP contribution in [-0.4, -0.2) is 24.6 Å². The summed E-state index contributed by atoms with van der Waals surface area (Å²) in [7, 11) is 0. The van der Waals surface area contributed by atoms with Crippen molar-refractivity contribution in [1.82, 2.24) is 5.32 Å². The highest BCUT2D eigenvalue weighted by Gasteiger charge is 2.41. The Bertz CT molecular complexity index is 526. The van der Waals surface area contributed by atoms with Gasteiger partial charge in [0.2, 0.25) is 5.91 Å². The van der Waals surface area contributed by atoms with Crippen molar-refractivity contribution in [3.05, 3.63) is 29.3 Å². The molecule has 0 bridgehead atoms. The Kier molecular flexibility index (Phi) is 5.46. The minimum atomic E-state index is -0.230. The van der Waals surface area contributed by atoms with Gasteiger partial charge < -0.3 is 15.8 Å². The van der Waals surface area contributed by atoms with Crippen molar-refractivity contribution in [2.75, 3.05) is 13.2 Å². The van der Waals surface area contributed by atoms with E-state index in [2.05, 4.69) is 25.2 Å². The Labute approximate surface area is 133 Å². The minimum Gasteiger partial charge on any atom is -0.494 e. The normalized spacial score (nSPS) is 16.9. The van der Waals surface area contributed by atoms with Crippen LogP contribution < -0.4 is 15.8 Å². The van der Waals surface area contributed by atoms with Crippen molar-refractivity contribution in [1.29, 1.82) is 0 Å². The van der Waals surface area contributed by atoms with Crippen LogP contribution in [0.25, 0.3) is 0 Å². The lowest BCUT2D eigenvalue weighted by atomic mass is 9.95. The molecule has 0 heterocycles. The summed E-state index contributed by atoms with van der Waals surface area (Å²) in [5.74, 6) is 1.49. The van der Waals surface area contributed by atoms with E-state index in [1.54, 1.807) is 0 Å². The van der Waals surface area contributed by atoms with Gasteiger partial charge in [-0.05, 0) is 69.2 Å². The molecule has 122 valence electrons. The van der Waals surface area contributed by atoms with Gasteiger partial charge in [0.05, 0.1) is 12.1 Å². The summed E-state index contributed by atoms with van der Waals surface area (Å²) in [6.07, 6.45) is 3.53. The van der Waals surface area contributed by atoms with Crippen molar-refractivity contribution in [3.63, 3.8) is 0 Å². The Morgan fingerprint density at radius 2 is 2.09 bits per heavy atom. The Balaban J connectivity index is 1.69. The van der Waals surface area contributed by atoms with E-state index in [0.717, 1.165) is 5.75 Å². The van der Waals surface area contributed by atoms with Gasteiger partial charge in [-0.2, -0.15) is 0 Å². The molecule has 0 spiro atoms. The fraction of sp³-hybridized carbons (Fsp3) is 0.611. The summed E-state index contributed by atoms with van der Waals surface area (Å²) in [5, 5.41) is 3.10. The summed E-state index contributed by atoms with van der Waals surface area (Å²) < 4.78 is 5.70. The number of carbonyl (C=O) groups excluding carboxylic acids is 1. The van der Waals surface area contributed by atoms with E-state index in [1.807, 2.05) is 19.1 Å². The van der Waals surface area contributed by atoms with Crippen LogP contribution in [0.15, 0.2) is 18.2 Å². The standard InChI is InChI=1S/C18H28N2O2/c1-13-6-9-16(11-14(13)2)22-10-4-5-17(21)20-18(3,12-19)15-7-8-15/h6,9,11,15H,4-5,7-8,10,12,19H2,1-3H3,(H,20,21). The van der Waals surface area contributed by atoms with Gasteiger partial charge in [0.1, 0.15) is 5.75 Å². The molecule has 2 rings (SSSR count).